The Kier molecular flexibility index (Phi) is 3.25. The van der Waals surface area contributed by atoms with E-state index in [-0.39, 0.29) is 12.6 Å². The van der Waals surface area contributed by atoms with Crippen molar-refractivity contribution in [1.29, 1.82) is 0 Å². The summed E-state index contributed by atoms with van der Waals surface area (Å²) in [7, 11) is 0. The number of hydrogen-bond donors (Lipinski definition) is 2. The van der Waals surface area contributed by atoms with Gasteiger partial charge < -0.3 is 10.0 Å². The standard InChI is InChI=1S/C11H15N3O3S/c1-7-5-18-9(12-7)13-10(17)14-4-3-11(2,6-14)8(15)16/h5H,3-4,6H2,1-2H3,(H,15,16)(H,12,13,17). The van der Waals surface area contributed by atoms with Crippen LogP contribution in [0.15, 0.2) is 5.38 Å². The van der Waals surface area contributed by atoms with Crippen LogP contribution in [0.4, 0.5) is 9.93 Å². The molecule has 2 rings (SSSR count). The minimum atomic E-state index is -0.858. The lowest BCUT2D eigenvalue weighted by atomic mass is 9.90. The number of rotatable bonds is 2. The van der Waals surface area contributed by atoms with Gasteiger partial charge in [-0.25, -0.2) is 9.78 Å². The fourth-order valence-corrected chi connectivity index (χ4v) is 2.57. The summed E-state index contributed by atoms with van der Waals surface area (Å²) in [4.78, 5) is 28.7. The number of likely N-dealkylation sites (tertiary alicyclic amines) is 1. The Bertz CT molecular complexity index is 488. The third-order valence-electron chi connectivity index (χ3n) is 3.11. The molecule has 1 atom stereocenters. The molecule has 1 aromatic rings. The second-order valence-electron chi connectivity index (χ2n) is 4.76. The maximum Gasteiger partial charge on any atom is 0.323 e. The number of amides is 2. The van der Waals surface area contributed by atoms with Gasteiger partial charge in [0.15, 0.2) is 5.13 Å². The first-order valence-corrected chi connectivity index (χ1v) is 6.50. The van der Waals surface area contributed by atoms with Gasteiger partial charge in [-0.2, -0.15) is 0 Å². The number of carbonyl (C=O) groups is 2. The second kappa shape index (κ2) is 4.56. The maximum atomic E-state index is 11.9. The molecular formula is C11H15N3O3S. The molecule has 1 saturated heterocycles. The number of urea groups is 1. The highest BCUT2D eigenvalue weighted by Gasteiger charge is 2.42. The Balaban J connectivity index is 1.98. The molecule has 0 spiro atoms. The van der Waals surface area contributed by atoms with Crippen molar-refractivity contribution < 1.29 is 14.7 Å². The van der Waals surface area contributed by atoms with Crippen molar-refractivity contribution in [2.75, 3.05) is 18.4 Å². The third kappa shape index (κ3) is 2.45. The van der Waals surface area contributed by atoms with E-state index in [4.69, 9.17) is 5.11 Å². The Hall–Kier alpha value is -1.63. The molecule has 1 aliphatic heterocycles. The maximum absolute atomic E-state index is 11.9. The molecule has 1 aliphatic rings. The fourth-order valence-electron chi connectivity index (χ4n) is 1.89. The van der Waals surface area contributed by atoms with E-state index in [1.807, 2.05) is 12.3 Å². The van der Waals surface area contributed by atoms with E-state index < -0.39 is 11.4 Å². The van der Waals surface area contributed by atoms with Crippen LogP contribution in [0, 0.1) is 12.3 Å². The van der Waals surface area contributed by atoms with E-state index in [0.717, 1.165) is 5.69 Å². The number of aryl methyl sites for hydroxylation is 1. The van der Waals surface area contributed by atoms with Crippen molar-refractivity contribution in [2.45, 2.75) is 20.3 Å². The van der Waals surface area contributed by atoms with Gasteiger partial charge in [-0.05, 0) is 20.3 Å². The van der Waals surface area contributed by atoms with E-state index in [9.17, 15) is 9.59 Å². The predicted octanol–water partition coefficient (Wildman–Crippen LogP) is 1.78. The van der Waals surface area contributed by atoms with Crippen LogP contribution in [0.2, 0.25) is 0 Å². The van der Waals surface area contributed by atoms with Crippen LogP contribution in [-0.4, -0.2) is 40.1 Å². The first-order valence-electron chi connectivity index (χ1n) is 5.62. The van der Waals surface area contributed by atoms with Crippen molar-refractivity contribution in [1.82, 2.24) is 9.88 Å². The zero-order chi connectivity index (χ0) is 13.3. The van der Waals surface area contributed by atoms with Gasteiger partial charge in [0.25, 0.3) is 0 Å². The van der Waals surface area contributed by atoms with Gasteiger partial charge in [-0.15, -0.1) is 11.3 Å². The van der Waals surface area contributed by atoms with Crippen molar-refractivity contribution in [3.8, 4) is 0 Å². The molecule has 2 N–H and O–H groups in total. The highest BCUT2D eigenvalue weighted by atomic mass is 32.1. The van der Waals surface area contributed by atoms with E-state index >= 15 is 0 Å². The minimum absolute atomic E-state index is 0.235. The van der Waals surface area contributed by atoms with Gasteiger partial charge in [0.1, 0.15) is 0 Å². The Morgan fingerprint density at radius 3 is 2.83 bits per heavy atom. The van der Waals surface area contributed by atoms with E-state index in [0.29, 0.717) is 18.1 Å². The number of anilines is 1. The third-order valence-corrected chi connectivity index (χ3v) is 3.99. The summed E-state index contributed by atoms with van der Waals surface area (Å²) in [5.41, 5.74) is 0.0166. The lowest BCUT2D eigenvalue weighted by molar-refractivity contribution is -0.146. The molecule has 98 valence electrons. The molecule has 2 heterocycles. The lowest BCUT2D eigenvalue weighted by Crippen LogP contribution is -2.37. The number of nitrogens with zero attached hydrogens (tertiary/aromatic N) is 2. The summed E-state index contributed by atoms with van der Waals surface area (Å²) >= 11 is 1.36. The van der Waals surface area contributed by atoms with E-state index in [1.54, 1.807) is 6.92 Å². The number of carboxylic acid groups (broad SMARTS) is 1. The Labute approximate surface area is 109 Å². The van der Waals surface area contributed by atoms with Crippen molar-refractivity contribution in [3.05, 3.63) is 11.1 Å². The Morgan fingerprint density at radius 1 is 1.61 bits per heavy atom. The van der Waals surface area contributed by atoms with Crippen LogP contribution >= 0.6 is 11.3 Å². The molecule has 0 radical (unpaired) electrons. The van der Waals surface area contributed by atoms with Gasteiger partial charge in [0.05, 0.1) is 11.1 Å². The molecule has 0 aromatic carbocycles. The van der Waals surface area contributed by atoms with Crippen molar-refractivity contribution in [3.63, 3.8) is 0 Å². The van der Waals surface area contributed by atoms with Gasteiger partial charge >= 0.3 is 12.0 Å². The first kappa shape index (κ1) is 12.8. The van der Waals surface area contributed by atoms with Gasteiger partial charge in [-0.3, -0.25) is 10.1 Å². The molecule has 2 amide bonds. The smallest absolute Gasteiger partial charge is 0.323 e. The van der Waals surface area contributed by atoms with E-state index in [2.05, 4.69) is 10.3 Å². The summed E-state index contributed by atoms with van der Waals surface area (Å²) in [6.07, 6.45) is 0.479. The monoisotopic (exact) mass is 269 g/mol. The van der Waals surface area contributed by atoms with Crippen LogP contribution < -0.4 is 5.32 Å². The van der Waals surface area contributed by atoms with Crippen LogP contribution in [0.5, 0.6) is 0 Å². The number of carbonyl (C=O) groups excluding carboxylic acids is 1. The molecule has 6 nitrogen and oxygen atoms in total. The SMILES string of the molecule is Cc1csc(NC(=O)N2CCC(C)(C(=O)O)C2)n1. The average Bonchev–Trinajstić information content (AvgIpc) is 2.86. The van der Waals surface area contributed by atoms with Crippen LogP contribution in [0.1, 0.15) is 19.0 Å². The number of aliphatic carboxylic acids is 1. The molecule has 1 unspecified atom stereocenters. The summed E-state index contributed by atoms with van der Waals surface area (Å²) in [5, 5.41) is 14.2. The summed E-state index contributed by atoms with van der Waals surface area (Å²) in [5.74, 6) is -0.858. The zero-order valence-electron chi connectivity index (χ0n) is 10.3. The Morgan fingerprint density at radius 2 is 2.33 bits per heavy atom. The topological polar surface area (TPSA) is 82.5 Å². The lowest BCUT2D eigenvalue weighted by Gasteiger charge is -2.19. The van der Waals surface area contributed by atoms with Gasteiger partial charge in [0.2, 0.25) is 0 Å². The molecule has 0 bridgehead atoms. The highest BCUT2D eigenvalue weighted by Crippen LogP contribution is 2.30. The second-order valence-corrected chi connectivity index (χ2v) is 5.62. The van der Waals surface area contributed by atoms with Gasteiger partial charge in [-0.1, -0.05) is 0 Å². The van der Waals surface area contributed by atoms with Crippen LogP contribution in [0.25, 0.3) is 0 Å². The quantitative estimate of drug-likeness (QED) is 0.857. The molecule has 7 heteroatoms. The van der Waals surface area contributed by atoms with Crippen LogP contribution in [0.3, 0.4) is 0 Å². The largest absolute Gasteiger partial charge is 0.481 e. The number of carboxylic acids is 1. The first-order chi connectivity index (χ1) is 8.40. The molecule has 18 heavy (non-hydrogen) atoms. The van der Waals surface area contributed by atoms with Crippen molar-refractivity contribution >= 4 is 28.5 Å². The molecule has 1 fully saturated rings. The predicted molar refractivity (Wildman–Crippen MR) is 67.8 cm³/mol. The van der Waals surface area contributed by atoms with Gasteiger partial charge in [0, 0.05) is 18.5 Å². The number of aromatic nitrogens is 1. The minimum Gasteiger partial charge on any atom is -0.481 e. The average molecular weight is 269 g/mol. The summed E-state index contributed by atoms with van der Waals surface area (Å²) in [6, 6.07) is -0.283. The highest BCUT2D eigenvalue weighted by molar-refractivity contribution is 7.13. The molecule has 1 aromatic heterocycles. The summed E-state index contributed by atoms with van der Waals surface area (Å²) in [6.45, 7) is 4.21. The number of hydrogen-bond acceptors (Lipinski definition) is 4. The molecule has 0 saturated carbocycles. The number of thiazole rings is 1. The van der Waals surface area contributed by atoms with E-state index in [1.165, 1.54) is 16.2 Å². The van der Waals surface area contributed by atoms with Crippen LogP contribution in [-0.2, 0) is 4.79 Å². The fraction of sp³-hybridized carbons (Fsp3) is 0.545. The zero-order valence-corrected chi connectivity index (χ0v) is 11.1. The normalized spacial score (nSPS) is 23.1. The van der Waals surface area contributed by atoms with Crippen molar-refractivity contribution in [2.24, 2.45) is 5.41 Å². The molecule has 0 aliphatic carbocycles. The molecular weight excluding hydrogens is 254 g/mol. The summed E-state index contributed by atoms with van der Waals surface area (Å²) < 4.78 is 0. The number of nitrogens with one attached hydrogen (secondary N) is 1.